The van der Waals surface area contributed by atoms with Crippen molar-refractivity contribution < 1.29 is 9.90 Å². The highest BCUT2D eigenvalue weighted by Crippen LogP contribution is 2.04. The molecule has 0 saturated carbocycles. The summed E-state index contributed by atoms with van der Waals surface area (Å²) in [6.45, 7) is 0.324. The van der Waals surface area contributed by atoms with Gasteiger partial charge < -0.3 is 15.7 Å². The van der Waals surface area contributed by atoms with Gasteiger partial charge >= 0.3 is 5.90 Å². The van der Waals surface area contributed by atoms with Gasteiger partial charge in [-0.15, -0.1) is 4.99 Å². The number of amides is 1. The van der Waals surface area contributed by atoms with E-state index in [1.165, 1.54) is 0 Å². The lowest BCUT2D eigenvalue weighted by Gasteiger charge is -2.11. The number of nitrogens with zero attached hydrogens (tertiary/aromatic N) is 1. The number of carbonyl (C=O) groups excluding carboxylic acids is 1. The van der Waals surface area contributed by atoms with Crippen LogP contribution in [0.1, 0.15) is 11.1 Å². The maximum Gasteiger partial charge on any atom is 0.350 e. The Labute approximate surface area is 147 Å². The summed E-state index contributed by atoms with van der Waals surface area (Å²) < 4.78 is 0. The summed E-state index contributed by atoms with van der Waals surface area (Å²) >= 11 is 0. The lowest BCUT2D eigenvalue weighted by molar-refractivity contribution is -0.115. The first-order valence-corrected chi connectivity index (χ1v) is 8.02. The first kappa shape index (κ1) is 18.4. The van der Waals surface area contributed by atoms with Crippen LogP contribution in [0.4, 0.5) is 0 Å². The average Bonchev–Trinajstić information content (AvgIpc) is 2.65. The first-order valence-electron chi connectivity index (χ1n) is 8.02. The number of amidine groups is 1. The number of benzene rings is 2. The predicted octanol–water partition coefficient (Wildman–Crippen LogP) is 1.23. The molecule has 130 valence electrons. The van der Waals surface area contributed by atoms with Crippen LogP contribution in [0.15, 0.2) is 65.7 Å². The Hall–Kier alpha value is -2.99. The van der Waals surface area contributed by atoms with E-state index < -0.39 is 11.7 Å². The second-order valence-electron chi connectivity index (χ2n) is 5.54. The smallest absolute Gasteiger partial charge is 0.350 e. The molecule has 0 heterocycles. The maximum atomic E-state index is 12.0. The largest absolute Gasteiger partial charge is 0.581 e. The topological polar surface area (TPSA) is 100 Å². The monoisotopic (exact) mass is 339 g/mol. The van der Waals surface area contributed by atoms with E-state index >= 15 is 0 Å². The fourth-order valence-electron chi connectivity index (χ4n) is 2.30. The van der Waals surface area contributed by atoms with Crippen molar-refractivity contribution in [2.45, 2.75) is 19.0 Å². The van der Waals surface area contributed by atoms with E-state index in [1.807, 2.05) is 60.7 Å². The zero-order chi connectivity index (χ0) is 18.1. The molecule has 0 aliphatic rings. The molecule has 0 unspecified atom stereocenters. The number of rotatable bonds is 6. The van der Waals surface area contributed by atoms with Gasteiger partial charge in [0.2, 0.25) is 5.84 Å². The molecular formula is C19H23N4O2+. The maximum absolute atomic E-state index is 12.0. The fourth-order valence-corrected chi connectivity index (χ4v) is 2.30. The quantitative estimate of drug-likeness (QED) is 0.419. The molecule has 1 amide bonds. The van der Waals surface area contributed by atoms with E-state index in [4.69, 9.17) is 10.5 Å². The molecule has 6 heteroatoms. The summed E-state index contributed by atoms with van der Waals surface area (Å²) in [5.41, 5.74) is 2.00. The van der Waals surface area contributed by atoms with Crippen LogP contribution in [-0.2, 0) is 17.8 Å². The Morgan fingerprint density at radius 2 is 1.64 bits per heavy atom. The molecule has 5 N–H and O–H groups in total. The van der Waals surface area contributed by atoms with Crippen LogP contribution >= 0.6 is 0 Å². The lowest BCUT2D eigenvalue weighted by Crippen LogP contribution is -2.38. The van der Waals surface area contributed by atoms with E-state index in [9.17, 15) is 4.79 Å². The Morgan fingerprint density at radius 1 is 1.08 bits per heavy atom. The van der Waals surface area contributed by atoms with Crippen LogP contribution < -0.4 is 10.6 Å². The van der Waals surface area contributed by atoms with Gasteiger partial charge in [0.25, 0.3) is 5.91 Å². The van der Waals surface area contributed by atoms with Gasteiger partial charge in [-0.3, -0.25) is 10.2 Å². The second kappa shape index (κ2) is 9.34. The molecule has 0 aromatic heterocycles. The molecule has 0 saturated heterocycles. The van der Waals surface area contributed by atoms with Crippen molar-refractivity contribution in [3.8, 4) is 0 Å². The van der Waals surface area contributed by atoms with E-state index in [2.05, 4.69) is 15.6 Å². The molecule has 1 atom stereocenters. The summed E-state index contributed by atoms with van der Waals surface area (Å²) in [4.78, 5) is 15.8. The summed E-state index contributed by atoms with van der Waals surface area (Å²) in [7, 11) is 1.73. The van der Waals surface area contributed by atoms with Gasteiger partial charge in [-0.25, -0.2) is 0 Å². The third-order valence-electron chi connectivity index (χ3n) is 3.70. The van der Waals surface area contributed by atoms with Crippen LogP contribution in [0.2, 0.25) is 0 Å². The minimum absolute atomic E-state index is 0.0359. The van der Waals surface area contributed by atoms with Crippen LogP contribution in [0, 0.1) is 5.41 Å². The zero-order valence-corrected chi connectivity index (χ0v) is 14.1. The molecule has 25 heavy (non-hydrogen) atoms. The molecular weight excluding hydrogens is 316 g/mol. The van der Waals surface area contributed by atoms with Gasteiger partial charge in [-0.2, -0.15) is 0 Å². The number of hydrogen-bond acceptors (Lipinski definition) is 3. The summed E-state index contributed by atoms with van der Waals surface area (Å²) in [5.74, 6) is -1.09. The van der Waals surface area contributed by atoms with E-state index in [0.29, 0.717) is 13.0 Å². The molecule has 0 aliphatic heterocycles. The van der Waals surface area contributed by atoms with Crippen LogP contribution in [-0.4, -0.2) is 35.8 Å². The number of nitrogens with one attached hydrogen (secondary N) is 3. The average molecular weight is 339 g/mol. The number of carbonyl (C=O) groups is 1. The van der Waals surface area contributed by atoms with Gasteiger partial charge in [0, 0.05) is 13.0 Å². The van der Waals surface area contributed by atoms with E-state index in [1.54, 1.807) is 7.05 Å². The molecule has 0 fully saturated rings. The first-order chi connectivity index (χ1) is 12.1. The number of likely N-dealkylation sites (N-methyl/N-ethyl adjacent to an activating group) is 1. The normalized spacial score (nSPS) is 12.4. The third kappa shape index (κ3) is 5.86. The highest BCUT2D eigenvalue weighted by molar-refractivity contribution is 6.38. The van der Waals surface area contributed by atoms with Gasteiger partial charge in [0.05, 0.1) is 0 Å². The van der Waals surface area contributed by atoms with Crippen molar-refractivity contribution in [3.63, 3.8) is 0 Å². The third-order valence-corrected chi connectivity index (χ3v) is 3.70. The number of aliphatic imine (C=N–C) groups is 1. The van der Waals surface area contributed by atoms with Crippen molar-refractivity contribution in [3.05, 3.63) is 71.8 Å². The van der Waals surface area contributed by atoms with E-state index in [0.717, 1.165) is 11.1 Å². The summed E-state index contributed by atoms with van der Waals surface area (Å²) in [5, 5.41) is 21.5. The van der Waals surface area contributed by atoms with Crippen molar-refractivity contribution in [1.29, 1.82) is 5.41 Å². The van der Waals surface area contributed by atoms with Crippen LogP contribution in [0.25, 0.3) is 0 Å². The molecule has 2 rings (SSSR count). The minimum Gasteiger partial charge on any atom is -0.581 e. The van der Waals surface area contributed by atoms with Crippen molar-refractivity contribution in [2.24, 2.45) is 4.99 Å². The van der Waals surface area contributed by atoms with Gasteiger partial charge in [-0.1, -0.05) is 60.7 Å². The van der Waals surface area contributed by atoms with E-state index in [-0.39, 0.29) is 11.9 Å². The molecule has 2 aromatic carbocycles. The van der Waals surface area contributed by atoms with Gasteiger partial charge in [-0.05, 0) is 18.2 Å². The molecule has 6 nitrogen and oxygen atoms in total. The molecule has 0 radical (unpaired) electrons. The van der Waals surface area contributed by atoms with Gasteiger partial charge in [0.1, 0.15) is 6.04 Å². The SMILES string of the molecule is CN[C@H](Cc1ccccc1)C([OH2+])=NC(=N)C(=O)NCc1ccccc1. The Balaban J connectivity index is 1.94. The van der Waals surface area contributed by atoms with Crippen molar-refractivity contribution in [1.82, 2.24) is 10.6 Å². The standard InChI is InChI=1S/C19H22N4O2/c1-21-16(12-14-8-4-2-5-9-14)18(24)23-17(20)19(25)22-13-15-10-6-3-7-11-15/h2-11,16,21H,12-13H2,1H3,(H,22,25)(H2,20,23,24)/p+1/t16-/m1/s1. The molecule has 0 aliphatic carbocycles. The molecule has 0 bridgehead atoms. The Morgan fingerprint density at radius 3 is 2.20 bits per heavy atom. The fraction of sp³-hybridized carbons (Fsp3) is 0.211. The summed E-state index contributed by atoms with van der Waals surface area (Å²) in [6, 6.07) is 18.8. The Kier molecular flexibility index (Phi) is 6.86. The Bertz CT molecular complexity index is 730. The van der Waals surface area contributed by atoms with Gasteiger partial charge in [0.15, 0.2) is 0 Å². The highest BCUT2D eigenvalue weighted by atomic mass is 16.3. The predicted molar refractivity (Wildman–Crippen MR) is 100 cm³/mol. The van der Waals surface area contributed by atoms with Crippen molar-refractivity contribution in [2.75, 3.05) is 7.05 Å². The highest BCUT2D eigenvalue weighted by Gasteiger charge is 2.21. The lowest BCUT2D eigenvalue weighted by atomic mass is 10.1. The van der Waals surface area contributed by atoms with Crippen LogP contribution in [0.3, 0.4) is 0 Å². The zero-order valence-electron chi connectivity index (χ0n) is 14.1. The minimum atomic E-state index is -0.594. The summed E-state index contributed by atoms with van der Waals surface area (Å²) in [6.07, 6.45) is 0.568. The number of hydrogen-bond donors (Lipinski definition) is 3. The molecule has 2 aromatic rings. The van der Waals surface area contributed by atoms with Crippen molar-refractivity contribution >= 4 is 17.6 Å². The molecule has 0 spiro atoms. The van der Waals surface area contributed by atoms with Crippen LogP contribution in [0.5, 0.6) is 0 Å². The second-order valence-corrected chi connectivity index (χ2v) is 5.54.